The van der Waals surface area contributed by atoms with E-state index in [-0.39, 0.29) is 0 Å². The second-order valence-electron chi connectivity index (χ2n) is 2.93. The Morgan fingerprint density at radius 2 is 1.38 bits per heavy atom. The van der Waals surface area contributed by atoms with Crippen molar-refractivity contribution in [1.82, 2.24) is 10.2 Å². The summed E-state index contributed by atoms with van der Waals surface area (Å²) in [5, 5.41) is 3.03. The predicted octanol–water partition coefficient (Wildman–Crippen LogP) is 2.37. The minimum absolute atomic E-state index is 0.634. The number of hydrogen-bond acceptors (Lipinski definition) is 2. The minimum Gasteiger partial charge on any atom is -0.318 e. The molecule has 0 heterocycles. The first-order chi connectivity index (χ1) is 6.08. The van der Waals surface area contributed by atoms with Crippen molar-refractivity contribution in [2.75, 3.05) is 27.2 Å². The highest BCUT2D eigenvalue weighted by Crippen LogP contribution is 1.73. The summed E-state index contributed by atoms with van der Waals surface area (Å²) in [6.07, 6.45) is 0. The normalized spacial score (nSPS) is 8.62. The predicted molar refractivity (Wildman–Crippen MR) is 64.3 cm³/mol. The van der Waals surface area contributed by atoms with Crippen LogP contribution in [0, 0.1) is 0 Å². The van der Waals surface area contributed by atoms with Crippen molar-refractivity contribution >= 4 is 0 Å². The SMILES string of the molecule is C=C.CCN(C)CC.CNC(C)C. The molecule has 0 saturated heterocycles. The Kier molecular flexibility index (Phi) is 25.1. The molecule has 0 aliphatic rings. The van der Waals surface area contributed by atoms with Crippen molar-refractivity contribution in [3.63, 3.8) is 0 Å². The molecular formula is C11H28N2. The van der Waals surface area contributed by atoms with Gasteiger partial charge in [0.15, 0.2) is 0 Å². The largest absolute Gasteiger partial charge is 0.318 e. The van der Waals surface area contributed by atoms with Crippen molar-refractivity contribution in [2.45, 2.75) is 33.7 Å². The first kappa shape index (κ1) is 18.4. The molecule has 0 aromatic rings. The maximum atomic E-state index is 3.03. The van der Waals surface area contributed by atoms with Gasteiger partial charge in [0.05, 0.1) is 0 Å². The van der Waals surface area contributed by atoms with Gasteiger partial charge in [-0.3, -0.25) is 0 Å². The lowest BCUT2D eigenvalue weighted by atomic mass is 10.4. The molecule has 13 heavy (non-hydrogen) atoms. The molecule has 0 saturated carbocycles. The van der Waals surface area contributed by atoms with Crippen LogP contribution in [0.15, 0.2) is 13.2 Å². The van der Waals surface area contributed by atoms with Crippen molar-refractivity contribution in [3.05, 3.63) is 13.2 Å². The minimum atomic E-state index is 0.634. The maximum Gasteiger partial charge on any atom is 0.000733 e. The van der Waals surface area contributed by atoms with Crippen molar-refractivity contribution in [2.24, 2.45) is 0 Å². The summed E-state index contributed by atoms with van der Waals surface area (Å²) < 4.78 is 0. The van der Waals surface area contributed by atoms with Crippen LogP contribution in [0.4, 0.5) is 0 Å². The molecule has 0 bridgehead atoms. The Balaban J connectivity index is -0.000000131. The van der Waals surface area contributed by atoms with Gasteiger partial charge < -0.3 is 10.2 Å². The number of nitrogens with one attached hydrogen (secondary N) is 1. The third kappa shape index (κ3) is 34.0. The highest BCUT2D eigenvalue weighted by atomic mass is 15.1. The summed E-state index contributed by atoms with van der Waals surface area (Å²) in [6, 6.07) is 0.634. The van der Waals surface area contributed by atoms with Gasteiger partial charge in [-0.05, 0) is 27.2 Å². The van der Waals surface area contributed by atoms with Crippen molar-refractivity contribution in [1.29, 1.82) is 0 Å². The molecule has 0 rings (SSSR count). The highest BCUT2D eigenvalue weighted by Gasteiger charge is 1.81. The van der Waals surface area contributed by atoms with Crippen LogP contribution in [0.5, 0.6) is 0 Å². The topological polar surface area (TPSA) is 15.3 Å². The molecule has 2 heteroatoms. The van der Waals surface area contributed by atoms with Gasteiger partial charge in [-0.1, -0.05) is 27.7 Å². The van der Waals surface area contributed by atoms with Crippen LogP contribution in [-0.2, 0) is 0 Å². The molecule has 0 unspecified atom stereocenters. The summed E-state index contributed by atoms with van der Waals surface area (Å²) in [7, 11) is 4.06. The van der Waals surface area contributed by atoms with Gasteiger partial charge in [-0.2, -0.15) is 0 Å². The van der Waals surface area contributed by atoms with E-state index in [0.717, 1.165) is 13.1 Å². The molecule has 0 aliphatic heterocycles. The average molecular weight is 188 g/mol. The number of nitrogens with zero attached hydrogens (tertiary/aromatic N) is 1. The van der Waals surface area contributed by atoms with Crippen LogP contribution in [0.1, 0.15) is 27.7 Å². The monoisotopic (exact) mass is 188 g/mol. The maximum absolute atomic E-state index is 3.03. The van der Waals surface area contributed by atoms with Crippen molar-refractivity contribution < 1.29 is 0 Å². The van der Waals surface area contributed by atoms with E-state index in [1.165, 1.54) is 0 Å². The second kappa shape index (κ2) is 17.7. The Morgan fingerprint density at radius 3 is 1.38 bits per heavy atom. The first-order valence-corrected chi connectivity index (χ1v) is 4.94. The van der Waals surface area contributed by atoms with E-state index in [1.807, 2.05) is 7.05 Å². The quantitative estimate of drug-likeness (QED) is 0.684. The zero-order valence-electron chi connectivity index (χ0n) is 10.4. The fourth-order valence-electron chi connectivity index (χ4n) is 0.224. The van der Waals surface area contributed by atoms with Gasteiger partial charge in [0, 0.05) is 6.04 Å². The molecule has 2 nitrogen and oxygen atoms in total. The summed E-state index contributed by atoms with van der Waals surface area (Å²) in [5.74, 6) is 0. The van der Waals surface area contributed by atoms with Gasteiger partial charge in [0.1, 0.15) is 0 Å². The Hall–Kier alpha value is -0.340. The van der Waals surface area contributed by atoms with E-state index < -0.39 is 0 Å². The summed E-state index contributed by atoms with van der Waals surface area (Å²) in [6.45, 7) is 16.9. The van der Waals surface area contributed by atoms with Crippen LogP contribution in [0.3, 0.4) is 0 Å². The van der Waals surface area contributed by atoms with Gasteiger partial charge >= 0.3 is 0 Å². The molecular weight excluding hydrogens is 160 g/mol. The van der Waals surface area contributed by atoms with Crippen LogP contribution >= 0.6 is 0 Å². The molecule has 0 aromatic carbocycles. The fraction of sp³-hybridized carbons (Fsp3) is 0.818. The van der Waals surface area contributed by atoms with Gasteiger partial charge in [-0.25, -0.2) is 0 Å². The smallest absolute Gasteiger partial charge is 0.000733 e. The Morgan fingerprint density at radius 1 is 1.15 bits per heavy atom. The zero-order chi connectivity index (χ0) is 11.3. The highest BCUT2D eigenvalue weighted by molar-refractivity contribution is 4.40. The van der Waals surface area contributed by atoms with Crippen LogP contribution in [0.2, 0.25) is 0 Å². The lowest BCUT2D eigenvalue weighted by molar-refractivity contribution is 0.373. The third-order valence-electron chi connectivity index (χ3n) is 1.66. The first-order valence-electron chi connectivity index (χ1n) is 4.94. The Labute approximate surface area is 85.0 Å². The molecule has 0 radical (unpaired) electrons. The van der Waals surface area contributed by atoms with E-state index in [2.05, 4.69) is 58.1 Å². The van der Waals surface area contributed by atoms with E-state index in [1.54, 1.807) is 0 Å². The van der Waals surface area contributed by atoms with Crippen LogP contribution in [0.25, 0.3) is 0 Å². The number of hydrogen-bond donors (Lipinski definition) is 1. The van der Waals surface area contributed by atoms with Gasteiger partial charge in [0.2, 0.25) is 0 Å². The third-order valence-corrected chi connectivity index (χ3v) is 1.66. The molecule has 0 spiro atoms. The number of rotatable bonds is 3. The van der Waals surface area contributed by atoms with E-state index in [0.29, 0.717) is 6.04 Å². The lowest BCUT2D eigenvalue weighted by Gasteiger charge is -2.07. The second-order valence-corrected chi connectivity index (χ2v) is 2.93. The average Bonchev–Trinajstić information content (AvgIpc) is 2.20. The summed E-state index contributed by atoms with van der Waals surface area (Å²) in [4.78, 5) is 2.25. The lowest BCUT2D eigenvalue weighted by Crippen LogP contribution is -2.15. The molecule has 1 N–H and O–H groups in total. The Bertz CT molecular complexity index is 68.5. The van der Waals surface area contributed by atoms with Crippen molar-refractivity contribution in [3.8, 4) is 0 Å². The molecule has 0 aromatic heterocycles. The molecule has 0 atom stereocenters. The van der Waals surface area contributed by atoms with Crippen LogP contribution < -0.4 is 5.32 Å². The van der Waals surface area contributed by atoms with Crippen LogP contribution in [-0.4, -0.2) is 38.1 Å². The van der Waals surface area contributed by atoms with E-state index >= 15 is 0 Å². The summed E-state index contributed by atoms with van der Waals surface area (Å²) in [5.41, 5.74) is 0. The van der Waals surface area contributed by atoms with Gasteiger partial charge in [0.25, 0.3) is 0 Å². The fourth-order valence-corrected chi connectivity index (χ4v) is 0.224. The van der Waals surface area contributed by atoms with E-state index in [4.69, 9.17) is 0 Å². The molecule has 0 fully saturated rings. The molecule has 82 valence electrons. The molecule has 0 amide bonds. The standard InChI is InChI=1S/C5H13N.C4H11N.C2H4/c1-4-6(3)5-2;1-4(2)5-3;1-2/h4-5H2,1-3H3;4-5H,1-3H3;1-2H2. The summed E-state index contributed by atoms with van der Waals surface area (Å²) >= 11 is 0. The van der Waals surface area contributed by atoms with Gasteiger partial charge in [-0.15, -0.1) is 13.2 Å². The van der Waals surface area contributed by atoms with E-state index in [9.17, 15) is 0 Å². The molecule has 0 aliphatic carbocycles. The zero-order valence-corrected chi connectivity index (χ0v) is 10.4.